The molecule has 0 bridgehead atoms. The van der Waals surface area contributed by atoms with Gasteiger partial charge in [-0.25, -0.2) is 4.98 Å². The maximum Gasteiger partial charge on any atom is 0.279 e. The SMILES string of the molecule is CC(C)CC(=O)Cc1ccc(Oc2nc3ccc(Br)cc3s2)cc1. The summed E-state index contributed by atoms with van der Waals surface area (Å²) in [6.07, 6.45) is 1.10. The summed E-state index contributed by atoms with van der Waals surface area (Å²) in [4.78, 5) is 16.4. The first-order chi connectivity index (χ1) is 11.5. The standard InChI is InChI=1S/C19H18BrNO2S/c1-12(2)9-15(22)10-13-3-6-16(7-4-13)23-19-21-17-8-5-14(20)11-18(17)24-19/h3-8,11-12H,9-10H2,1-2H3. The number of fused-ring (bicyclic) bond motifs is 1. The average molecular weight is 404 g/mol. The zero-order chi connectivity index (χ0) is 17.1. The number of halogens is 1. The van der Waals surface area contributed by atoms with Gasteiger partial charge in [0, 0.05) is 17.3 Å². The number of carbonyl (C=O) groups excluding carboxylic acids is 1. The number of hydrogen-bond acceptors (Lipinski definition) is 4. The molecule has 0 saturated carbocycles. The van der Waals surface area contributed by atoms with E-state index in [9.17, 15) is 4.79 Å². The highest BCUT2D eigenvalue weighted by Crippen LogP contribution is 2.32. The Bertz CT molecular complexity index is 855. The molecule has 2 aromatic carbocycles. The van der Waals surface area contributed by atoms with Crippen LogP contribution in [0.2, 0.25) is 0 Å². The van der Waals surface area contributed by atoms with Gasteiger partial charge in [0.2, 0.25) is 0 Å². The molecule has 0 aliphatic carbocycles. The van der Waals surface area contributed by atoms with E-state index in [0.29, 0.717) is 24.0 Å². The number of ketones is 1. The number of benzene rings is 2. The highest BCUT2D eigenvalue weighted by atomic mass is 79.9. The molecule has 0 spiro atoms. The maximum atomic E-state index is 11.9. The molecule has 0 atom stereocenters. The molecule has 5 heteroatoms. The van der Waals surface area contributed by atoms with Crippen LogP contribution in [0.3, 0.4) is 0 Å². The number of carbonyl (C=O) groups is 1. The van der Waals surface area contributed by atoms with Crippen molar-refractivity contribution in [3.8, 4) is 10.9 Å². The van der Waals surface area contributed by atoms with E-state index in [4.69, 9.17) is 4.74 Å². The Morgan fingerprint density at radius 1 is 1.21 bits per heavy atom. The van der Waals surface area contributed by atoms with Crippen molar-refractivity contribution in [2.45, 2.75) is 26.7 Å². The maximum absolute atomic E-state index is 11.9. The lowest BCUT2D eigenvalue weighted by molar-refractivity contribution is -0.119. The fourth-order valence-corrected chi connectivity index (χ4v) is 3.84. The van der Waals surface area contributed by atoms with Gasteiger partial charge < -0.3 is 4.74 Å². The average Bonchev–Trinajstić information content (AvgIpc) is 2.89. The van der Waals surface area contributed by atoms with Crippen molar-refractivity contribution >= 4 is 43.3 Å². The summed E-state index contributed by atoms with van der Waals surface area (Å²) in [5.74, 6) is 1.41. The van der Waals surface area contributed by atoms with Crippen LogP contribution in [-0.2, 0) is 11.2 Å². The van der Waals surface area contributed by atoms with Gasteiger partial charge in [-0.3, -0.25) is 4.79 Å². The van der Waals surface area contributed by atoms with Crippen molar-refractivity contribution < 1.29 is 9.53 Å². The molecule has 0 saturated heterocycles. The molecule has 0 amide bonds. The number of ether oxygens (including phenoxy) is 1. The molecule has 24 heavy (non-hydrogen) atoms. The molecule has 0 radical (unpaired) electrons. The molecule has 3 nitrogen and oxygen atoms in total. The summed E-state index contributed by atoms with van der Waals surface area (Å²) < 4.78 is 7.94. The predicted octanol–water partition coefficient (Wildman–Crippen LogP) is 6.01. The summed E-state index contributed by atoms with van der Waals surface area (Å²) in [6, 6.07) is 13.6. The van der Waals surface area contributed by atoms with Gasteiger partial charge in [0.25, 0.3) is 5.19 Å². The van der Waals surface area contributed by atoms with Crippen LogP contribution in [-0.4, -0.2) is 10.8 Å². The molecule has 0 fully saturated rings. The fourth-order valence-electron chi connectivity index (χ4n) is 2.45. The van der Waals surface area contributed by atoms with E-state index in [-0.39, 0.29) is 5.78 Å². The molecular formula is C19H18BrNO2S. The smallest absolute Gasteiger partial charge is 0.279 e. The minimum absolute atomic E-state index is 0.274. The Balaban J connectivity index is 1.67. The van der Waals surface area contributed by atoms with Crippen LogP contribution in [0, 0.1) is 5.92 Å². The van der Waals surface area contributed by atoms with Crippen molar-refractivity contribution in [2.24, 2.45) is 5.92 Å². The molecule has 3 rings (SSSR count). The van der Waals surface area contributed by atoms with Crippen molar-refractivity contribution in [1.29, 1.82) is 0 Å². The summed E-state index contributed by atoms with van der Waals surface area (Å²) in [6.45, 7) is 4.12. The largest absolute Gasteiger partial charge is 0.431 e. The zero-order valence-electron chi connectivity index (χ0n) is 13.6. The fraction of sp³-hybridized carbons (Fsp3) is 0.263. The number of nitrogens with zero attached hydrogens (tertiary/aromatic N) is 1. The normalized spacial score (nSPS) is 11.2. The van der Waals surface area contributed by atoms with Gasteiger partial charge in [-0.1, -0.05) is 53.2 Å². The van der Waals surface area contributed by atoms with Gasteiger partial charge in [-0.2, -0.15) is 0 Å². The minimum Gasteiger partial charge on any atom is -0.431 e. The van der Waals surface area contributed by atoms with Gasteiger partial charge in [-0.15, -0.1) is 0 Å². The Hall–Kier alpha value is -1.72. The Morgan fingerprint density at radius 3 is 2.67 bits per heavy atom. The van der Waals surface area contributed by atoms with E-state index < -0.39 is 0 Å². The van der Waals surface area contributed by atoms with Gasteiger partial charge in [0.15, 0.2) is 0 Å². The van der Waals surface area contributed by atoms with Gasteiger partial charge >= 0.3 is 0 Å². The predicted molar refractivity (Wildman–Crippen MR) is 102 cm³/mol. The van der Waals surface area contributed by atoms with Crippen LogP contribution in [0.4, 0.5) is 0 Å². The van der Waals surface area contributed by atoms with Gasteiger partial charge in [-0.05, 0) is 41.8 Å². The monoisotopic (exact) mass is 403 g/mol. The molecule has 0 unspecified atom stereocenters. The van der Waals surface area contributed by atoms with E-state index >= 15 is 0 Å². The molecule has 0 aliphatic rings. The van der Waals surface area contributed by atoms with Crippen molar-refractivity contribution in [3.05, 3.63) is 52.5 Å². The summed E-state index contributed by atoms with van der Waals surface area (Å²) >= 11 is 4.97. The molecule has 1 heterocycles. The van der Waals surface area contributed by atoms with Gasteiger partial charge in [0.05, 0.1) is 10.2 Å². The van der Waals surface area contributed by atoms with E-state index in [2.05, 4.69) is 34.8 Å². The zero-order valence-corrected chi connectivity index (χ0v) is 16.0. The van der Waals surface area contributed by atoms with Crippen LogP contribution in [0.15, 0.2) is 46.9 Å². The number of aromatic nitrogens is 1. The lowest BCUT2D eigenvalue weighted by Gasteiger charge is -2.05. The first-order valence-electron chi connectivity index (χ1n) is 7.84. The number of hydrogen-bond donors (Lipinski definition) is 0. The summed E-state index contributed by atoms with van der Waals surface area (Å²) in [5, 5.41) is 0.617. The molecular weight excluding hydrogens is 386 g/mol. The summed E-state index contributed by atoms with van der Waals surface area (Å²) in [5.41, 5.74) is 1.94. The summed E-state index contributed by atoms with van der Waals surface area (Å²) in [7, 11) is 0. The third kappa shape index (κ3) is 4.42. The second kappa shape index (κ2) is 7.45. The Labute approximate surface area is 153 Å². The van der Waals surface area contributed by atoms with Crippen molar-refractivity contribution in [1.82, 2.24) is 4.98 Å². The minimum atomic E-state index is 0.274. The number of thiazole rings is 1. The highest BCUT2D eigenvalue weighted by Gasteiger charge is 2.09. The third-order valence-corrected chi connectivity index (χ3v) is 4.89. The van der Waals surface area contributed by atoms with Gasteiger partial charge in [0.1, 0.15) is 11.5 Å². The van der Waals surface area contributed by atoms with E-state index in [0.717, 1.165) is 26.0 Å². The molecule has 124 valence electrons. The van der Waals surface area contributed by atoms with Crippen molar-refractivity contribution in [3.63, 3.8) is 0 Å². The van der Waals surface area contributed by atoms with Crippen LogP contribution in [0.5, 0.6) is 10.9 Å². The van der Waals surface area contributed by atoms with E-state index in [1.807, 2.05) is 42.5 Å². The first kappa shape index (κ1) is 17.1. The third-order valence-electron chi connectivity index (χ3n) is 3.50. The number of Topliss-reactive ketones (excluding diaryl/α,β-unsaturated/α-hetero) is 1. The molecule has 1 aromatic heterocycles. The topological polar surface area (TPSA) is 39.2 Å². The van der Waals surface area contributed by atoms with Crippen LogP contribution >= 0.6 is 27.3 Å². The molecule has 0 N–H and O–H groups in total. The second-order valence-corrected chi connectivity index (χ2v) is 8.06. The quantitative estimate of drug-likeness (QED) is 0.505. The van der Waals surface area contributed by atoms with Crippen LogP contribution < -0.4 is 4.74 Å². The first-order valence-corrected chi connectivity index (χ1v) is 9.45. The highest BCUT2D eigenvalue weighted by molar-refractivity contribution is 9.10. The van der Waals surface area contributed by atoms with Crippen LogP contribution in [0.25, 0.3) is 10.2 Å². The van der Waals surface area contributed by atoms with E-state index in [1.54, 1.807) is 0 Å². The Kier molecular flexibility index (Phi) is 5.31. The second-order valence-electron chi connectivity index (χ2n) is 6.15. The molecule has 0 aliphatic heterocycles. The lowest BCUT2D eigenvalue weighted by Crippen LogP contribution is -2.06. The lowest BCUT2D eigenvalue weighted by atomic mass is 10.0. The van der Waals surface area contributed by atoms with Crippen LogP contribution in [0.1, 0.15) is 25.8 Å². The number of rotatable bonds is 6. The molecule has 3 aromatic rings. The van der Waals surface area contributed by atoms with Crippen molar-refractivity contribution in [2.75, 3.05) is 0 Å². The van der Waals surface area contributed by atoms with E-state index in [1.165, 1.54) is 11.3 Å². The Morgan fingerprint density at radius 2 is 1.96 bits per heavy atom.